The highest BCUT2D eigenvalue weighted by atomic mass is 16.6. The van der Waals surface area contributed by atoms with Crippen molar-refractivity contribution in [3.8, 4) is 0 Å². The molecule has 0 N–H and O–H groups in total. The molecule has 0 unspecified atom stereocenters. The van der Waals surface area contributed by atoms with Crippen LogP contribution in [-0.2, 0) is 9.57 Å². The second-order valence-corrected chi connectivity index (χ2v) is 2.35. The van der Waals surface area contributed by atoms with E-state index >= 15 is 0 Å². The summed E-state index contributed by atoms with van der Waals surface area (Å²) in [5.74, 6) is 0. The fourth-order valence-electron chi connectivity index (χ4n) is 0.920. The molecule has 0 amide bonds. The van der Waals surface area contributed by atoms with Crippen molar-refractivity contribution in [1.29, 1.82) is 0 Å². The van der Waals surface area contributed by atoms with Crippen molar-refractivity contribution in [2.45, 2.75) is 6.92 Å². The summed E-state index contributed by atoms with van der Waals surface area (Å²) in [4.78, 5) is 7.13. The van der Waals surface area contributed by atoms with Crippen molar-refractivity contribution in [3.05, 3.63) is 0 Å². The van der Waals surface area contributed by atoms with Crippen LogP contribution in [0.15, 0.2) is 5.16 Å². The Morgan fingerprint density at radius 1 is 1.55 bits per heavy atom. The third-order valence-corrected chi connectivity index (χ3v) is 1.52. The summed E-state index contributed by atoms with van der Waals surface area (Å²) in [7, 11) is 0. The second kappa shape index (κ2) is 5.09. The van der Waals surface area contributed by atoms with Gasteiger partial charge in [0, 0.05) is 19.3 Å². The lowest BCUT2D eigenvalue weighted by molar-refractivity contribution is -0.0310. The highest BCUT2D eigenvalue weighted by molar-refractivity contribution is 5.52. The molecule has 1 aliphatic heterocycles. The van der Waals surface area contributed by atoms with Crippen LogP contribution in [0.2, 0.25) is 0 Å². The van der Waals surface area contributed by atoms with E-state index in [-0.39, 0.29) is 0 Å². The molecule has 0 aromatic carbocycles. The average Bonchev–Trinajstić information content (AvgIpc) is 2.07. The van der Waals surface area contributed by atoms with E-state index in [1.807, 2.05) is 6.92 Å². The Hall–Kier alpha value is -0.610. The molecule has 1 saturated heterocycles. The third kappa shape index (κ3) is 3.34. The van der Waals surface area contributed by atoms with Gasteiger partial charge in [0.25, 0.3) is 0 Å². The van der Waals surface area contributed by atoms with E-state index < -0.39 is 0 Å². The van der Waals surface area contributed by atoms with Crippen LogP contribution in [0, 0.1) is 0 Å². The van der Waals surface area contributed by atoms with Crippen LogP contribution in [-0.4, -0.2) is 44.1 Å². The minimum atomic E-state index is 0.577. The first-order chi connectivity index (χ1) is 5.43. The van der Waals surface area contributed by atoms with E-state index in [2.05, 4.69) is 10.1 Å². The van der Waals surface area contributed by atoms with Crippen LogP contribution >= 0.6 is 0 Å². The highest BCUT2D eigenvalue weighted by Crippen LogP contribution is 1.95. The van der Waals surface area contributed by atoms with E-state index in [9.17, 15) is 0 Å². The maximum Gasteiger partial charge on any atom is 0.171 e. The Morgan fingerprint density at radius 3 is 2.91 bits per heavy atom. The predicted octanol–water partition coefficient (Wildman–Crippen LogP) is 0.298. The van der Waals surface area contributed by atoms with Gasteiger partial charge in [-0.25, -0.2) is 0 Å². The molecule has 1 fully saturated rings. The number of hydrogen-bond donors (Lipinski definition) is 0. The molecule has 0 radical (unpaired) electrons. The number of rotatable bonds is 3. The second-order valence-electron chi connectivity index (χ2n) is 2.35. The monoisotopic (exact) mass is 158 g/mol. The van der Waals surface area contributed by atoms with Gasteiger partial charge in [0.05, 0.1) is 13.2 Å². The van der Waals surface area contributed by atoms with E-state index in [0.29, 0.717) is 6.73 Å². The fourth-order valence-corrected chi connectivity index (χ4v) is 0.920. The van der Waals surface area contributed by atoms with Gasteiger partial charge in [-0.1, -0.05) is 5.16 Å². The Labute approximate surface area is 66.8 Å². The zero-order valence-corrected chi connectivity index (χ0v) is 6.82. The van der Waals surface area contributed by atoms with Gasteiger partial charge in [-0.3, -0.25) is 4.90 Å². The molecule has 4 heteroatoms. The molecular formula is C7H14N2O2. The summed E-state index contributed by atoms with van der Waals surface area (Å²) in [6.45, 7) is 5.91. The summed E-state index contributed by atoms with van der Waals surface area (Å²) in [6, 6.07) is 0. The third-order valence-electron chi connectivity index (χ3n) is 1.52. The van der Waals surface area contributed by atoms with Crippen molar-refractivity contribution in [1.82, 2.24) is 4.90 Å². The van der Waals surface area contributed by atoms with Crippen LogP contribution < -0.4 is 0 Å². The lowest BCUT2D eigenvalue weighted by atomic mass is 10.5. The summed E-state index contributed by atoms with van der Waals surface area (Å²) in [5, 5.41) is 3.66. The molecule has 0 saturated carbocycles. The van der Waals surface area contributed by atoms with Crippen LogP contribution in [0.3, 0.4) is 0 Å². The molecule has 0 aromatic rings. The zero-order chi connectivity index (χ0) is 7.94. The van der Waals surface area contributed by atoms with Gasteiger partial charge < -0.3 is 9.57 Å². The van der Waals surface area contributed by atoms with Crippen molar-refractivity contribution in [3.63, 3.8) is 0 Å². The maximum atomic E-state index is 5.17. The summed E-state index contributed by atoms with van der Waals surface area (Å²) >= 11 is 0. The van der Waals surface area contributed by atoms with E-state index in [1.165, 1.54) is 0 Å². The minimum absolute atomic E-state index is 0.577. The van der Waals surface area contributed by atoms with Gasteiger partial charge in [0.2, 0.25) is 0 Å². The summed E-state index contributed by atoms with van der Waals surface area (Å²) in [5.41, 5.74) is 0. The number of nitrogens with zero attached hydrogens (tertiary/aromatic N) is 2. The Bertz CT molecular complexity index is 122. The van der Waals surface area contributed by atoms with Crippen LogP contribution in [0.5, 0.6) is 0 Å². The van der Waals surface area contributed by atoms with E-state index in [1.54, 1.807) is 6.21 Å². The van der Waals surface area contributed by atoms with Crippen LogP contribution in [0.4, 0.5) is 0 Å². The normalized spacial score (nSPS) is 20.8. The quantitative estimate of drug-likeness (QED) is 0.437. The van der Waals surface area contributed by atoms with Crippen molar-refractivity contribution < 1.29 is 9.57 Å². The molecule has 0 bridgehead atoms. The van der Waals surface area contributed by atoms with Crippen LogP contribution in [0.1, 0.15) is 6.92 Å². The molecular weight excluding hydrogens is 144 g/mol. The average molecular weight is 158 g/mol. The first-order valence-electron chi connectivity index (χ1n) is 3.83. The Balaban J connectivity index is 2.04. The first kappa shape index (κ1) is 8.49. The van der Waals surface area contributed by atoms with Gasteiger partial charge in [0.1, 0.15) is 0 Å². The van der Waals surface area contributed by atoms with Gasteiger partial charge in [0.15, 0.2) is 6.73 Å². The number of hydrogen-bond acceptors (Lipinski definition) is 4. The van der Waals surface area contributed by atoms with Gasteiger partial charge in [-0.2, -0.15) is 0 Å². The lowest BCUT2D eigenvalue weighted by Crippen LogP contribution is -2.37. The topological polar surface area (TPSA) is 34.1 Å². The lowest BCUT2D eigenvalue weighted by Gasteiger charge is -2.24. The minimum Gasteiger partial charge on any atom is -0.380 e. The molecule has 1 aliphatic rings. The molecule has 0 spiro atoms. The number of oxime groups is 1. The number of morpholine rings is 1. The smallest absolute Gasteiger partial charge is 0.171 e. The molecule has 4 nitrogen and oxygen atoms in total. The molecule has 0 aromatic heterocycles. The summed E-state index contributed by atoms with van der Waals surface area (Å²) < 4.78 is 5.17. The maximum absolute atomic E-state index is 5.17. The molecule has 1 rings (SSSR count). The van der Waals surface area contributed by atoms with Gasteiger partial charge in [-0.05, 0) is 6.92 Å². The molecule has 11 heavy (non-hydrogen) atoms. The SMILES string of the molecule is C/C=N/OCN1CCOCC1. The predicted molar refractivity (Wildman–Crippen MR) is 42.5 cm³/mol. The zero-order valence-electron chi connectivity index (χ0n) is 6.82. The largest absolute Gasteiger partial charge is 0.380 e. The highest BCUT2D eigenvalue weighted by Gasteiger charge is 2.09. The summed E-state index contributed by atoms with van der Waals surface area (Å²) in [6.07, 6.45) is 1.64. The van der Waals surface area contributed by atoms with Crippen molar-refractivity contribution in [2.75, 3.05) is 33.0 Å². The first-order valence-corrected chi connectivity index (χ1v) is 3.83. The van der Waals surface area contributed by atoms with Crippen LogP contribution in [0.25, 0.3) is 0 Å². The van der Waals surface area contributed by atoms with Crippen molar-refractivity contribution in [2.24, 2.45) is 5.16 Å². The van der Waals surface area contributed by atoms with Gasteiger partial charge in [-0.15, -0.1) is 0 Å². The van der Waals surface area contributed by atoms with Gasteiger partial charge >= 0.3 is 0 Å². The van der Waals surface area contributed by atoms with Crippen molar-refractivity contribution >= 4 is 6.21 Å². The Kier molecular flexibility index (Phi) is 3.93. The molecule has 64 valence electrons. The van der Waals surface area contributed by atoms with E-state index in [4.69, 9.17) is 9.57 Å². The van der Waals surface area contributed by atoms with E-state index in [0.717, 1.165) is 26.3 Å². The standard InChI is InChI=1S/C7H14N2O2/c1-2-8-11-7-9-3-5-10-6-4-9/h2H,3-7H2,1H3/b8-2+. The fraction of sp³-hybridized carbons (Fsp3) is 0.857. The molecule has 0 aliphatic carbocycles. The molecule has 1 heterocycles. The molecule has 0 atom stereocenters. The Morgan fingerprint density at radius 2 is 2.27 bits per heavy atom. The number of ether oxygens (including phenoxy) is 1.